The quantitative estimate of drug-likeness (QED) is 0.720. The van der Waals surface area contributed by atoms with Crippen molar-refractivity contribution in [2.24, 2.45) is 0 Å². The highest BCUT2D eigenvalue weighted by Crippen LogP contribution is 2.23. The van der Waals surface area contributed by atoms with E-state index < -0.39 is 0 Å². The summed E-state index contributed by atoms with van der Waals surface area (Å²) in [5, 5.41) is 9.51. The second kappa shape index (κ2) is 5.32. The van der Waals surface area contributed by atoms with Crippen LogP contribution in [0.15, 0.2) is 23.3 Å². The summed E-state index contributed by atoms with van der Waals surface area (Å²) in [6.07, 6.45) is 2.43. The van der Waals surface area contributed by atoms with Crippen molar-refractivity contribution >= 4 is 5.78 Å². The van der Waals surface area contributed by atoms with Crippen LogP contribution in [-0.4, -0.2) is 10.9 Å². The van der Waals surface area contributed by atoms with Gasteiger partial charge >= 0.3 is 0 Å². The molecule has 1 aliphatic rings. The van der Waals surface area contributed by atoms with Gasteiger partial charge in [-0.15, -0.1) is 0 Å². The molecule has 1 aromatic rings. The summed E-state index contributed by atoms with van der Waals surface area (Å²) in [6.45, 7) is 5.73. The highest BCUT2D eigenvalue weighted by molar-refractivity contribution is 5.97. The monoisotopic (exact) mass is 254 g/mol. The van der Waals surface area contributed by atoms with Crippen molar-refractivity contribution in [1.29, 1.82) is 0 Å². The molecule has 0 aromatic heterocycles. The number of hydrogen-bond acceptors (Lipinski definition) is 2. The molecule has 0 spiro atoms. The van der Waals surface area contributed by atoms with Crippen LogP contribution in [0.4, 0.5) is 0 Å². The number of Topliss-reactive ketones (excluding diaryl/α,β-unsaturated/α-hetero) is 1. The lowest BCUT2D eigenvalue weighted by atomic mass is 9.91. The van der Waals surface area contributed by atoms with Crippen LogP contribution in [0.5, 0.6) is 5.75 Å². The van der Waals surface area contributed by atoms with Gasteiger partial charge in [-0.2, -0.15) is 0 Å². The van der Waals surface area contributed by atoms with E-state index in [2.05, 4.69) is 11.8 Å². The first-order valence-electron chi connectivity index (χ1n) is 6.54. The lowest BCUT2D eigenvalue weighted by molar-refractivity contribution is -0.116. The molecule has 0 atom stereocenters. The number of aromatic hydroxyl groups is 1. The third-order valence-corrected chi connectivity index (χ3v) is 3.56. The van der Waals surface area contributed by atoms with Gasteiger partial charge in [0.05, 0.1) is 0 Å². The second-order valence-corrected chi connectivity index (χ2v) is 5.08. The molecule has 2 heteroatoms. The standard InChI is InChI=1S/C17H18O2/c1-11-9-15(18)10-12(2)16(11)8-7-14-5-4-6-17(19)13(14)3/h9-10,18H,4-6H2,1-3H3. The smallest absolute Gasteiger partial charge is 0.159 e. The first kappa shape index (κ1) is 13.4. The van der Waals surface area contributed by atoms with E-state index in [4.69, 9.17) is 0 Å². The molecule has 0 saturated heterocycles. The lowest BCUT2D eigenvalue weighted by Gasteiger charge is -2.11. The Bertz CT molecular complexity index is 601. The van der Waals surface area contributed by atoms with E-state index in [9.17, 15) is 9.90 Å². The van der Waals surface area contributed by atoms with Gasteiger partial charge in [0, 0.05) is 23.1 Å². The van der Waals surface area contributed by atoms with Gasteiger partial charge in [-0.25, -0.2) is 0 Å². The fourth-order valence-corrected chi connectivity index (χ4v) is 2.40. The van der Waals surface area contributed by atoms with Crippen LogP contribution in [0.3, 0.4) is 0 Å². The molecule has 0 amide bonds. The molecule has 0 heterocycles. The maximum atomic E-state index is 11.6. The molecule has 1 aliphatic carbocycles. The Labute approximate surface area is 114 Å². The summed E-state index contributed by atoms with van der Waals surface area (Å²) in [7, 11) is 0. The zero-order valence-electron chi connectivity index (χ0n) is 11.6. The first-order valence-corrected chi connectivity index (χ1v) is 6.54. The highest BCUT2D eigenvalue weighted by atomic mass is 16.3. The van der Waals surface area contributed by atoms with Crippen LogP contribution in [0.2, 0.25) is 0 Å². The number of benzene rings is 1. The van der Waals surface area contributed by atoms with Crippen molar-refractivity contribution in [1.82, 2.24) is 0 Å². The van der Waals surface area contributed by atoms with Gasteiger partial charge in [-0.05, 0) is 56.9 Å². The van der Waals surface area contributed by atoms with Crippen LogP contribution in [0, 0.1) is 25.7 Å². The van der Waals surface area contributed by atoms with Gasteiger partial charge < -0.3 is 5.11 Å². The van der Waals surface area contributed by atoms with Crippen LogP contribution in [-0.2, 0) is 4.79 Å². The average Bonchev–Trinajstić information content (AvgIpc) is 2.33. The SMILES string of the molecule is CC1=C(C#Cc2c(C)cc(O)cc2C)CCCC1=O. The predicted molar refractivity (Wildman–Crippen MR) is 76.0 cm³/mol. The summed E-state index contributed by atoms with van der Waals surface area (Å²) >= 11 is 0. The minimum absolute atomic E-state index is 0.217. The lowest BCUT2D eigenvalue weighted by Crippen LogP contribution is -2.08. The molecule has 2 nitrogen and oxygen atoms in total. The van der Waals surface area contributed by atoms with E-state index >= 15 is 0 Å². The van der Waals surface area contributed by atoms with E-state index in [1.54, 1.807) is 12.1 Å². The van der Waals surface area contributed by atoms with E-state index in [0.29, 0.717) is 6.42 Å². The molecule has 0 bridgehead atoms. The number of phenolic OH excluding ortho intramolecular Hbond substituents is 1. The maximum Gasteiger partial charge on any atom is 0.159 e. The van der Waals surface area contributed by atoms with Gasteiger partial charge in [-0.3, -0.25) is 4.79 Å². The Morgan fingerprint density at radius 3 is 2.32 bits per heavy atom. The molecule has 0 unspecified atom stereocenters. The van der Waals surface area contributed by atoms with Crippen LogP contribution in [0.25, 0.3) is 0 Å². The first-order chi connectivity index (χ1) is 8.99. The van der Waals surface area contributed by atoms with Crippen molar-refractivity contribution in [3.8, 4) is 17.6 Å². The molecule has 1 N–H and O–H groups in total. The van der Waals surface area contributed by atoms with Gasteiger partial charge in [0.25, 0.3) is 0 Å². The van der Waals surface area contributed by atoms with Crippen molar-refractivity contribution in [2.75, 3.05) is 0 Å². The minimum atomic E-state index is 0.217. The third-order valence-electron chi connectivity index (χ3n) is 3.56. The Kier molecular flexibility index (Phi) is 3.76. The summed E-state index contributed by atoms with van der Waals surface area (Å²) in [5.74, 6) is 6.79. The molecule has 19 heavy (non-hydrogen) atoms. The molecule has 98 valence electrons. The molecule has 0 fully saturated rings. The van der Waals surface area contributed by atoms with E-state index in [-0.39, 0.29) is 11.5 Å². The zero-order chi connectivity index (χ0) is 14.0. The highest BCUT2D eigenvalue weighted by Gasteiger charge is 2.15. The number of ketones is 1. The summed E-state index contributed by atoms with van der Waals surface area (Å²) < 4.78 is 0. The minimum Gasteiger partial charge on any atom is -0.508 e. The second-order valence-electron chi connectivity index (χ2n) is 5.08. The number of hydrogen-bond donors (Lipinski definition) is 1. The Balaban J connectivity index is 2.41. The molecule has 2 rings (SSSR count). The van der Waals surface area contributed by atoms with Crippen LogP contribution in [0.1, 0.15) is 42.9 Å². The predicted octanol–water partition coefficient (Wildman–Crippen LogP) is 3.43. The van der Waals surface area contributed by atoms with Gasteiger partial charge in [0.15, 0.2) is 5.78 Å². The summed E-state index contributed by atoms with van der Waals surface area (Å²) in [6, 6.07) is 3.43. The van der Waals surface area contributed by atoms with Crippen molar-refractivity contribution in [2.45, 2.75) is 40.0 Å². The van der Waals surface area contributed by atoms with E-state index in [1.165, 1.54) is 0 Å². The summed E-state index contributed by atoms with van der Waals surface area (Å²) in [5.41, 5.74) is 4.64. The largest absolute Gasteiger partial charge is 0.508 e. The fraction of sp³-hybridized carbons (Fsp3) is 0.353. The number of aryl methyl sites for hydroxylation is 2. The van der Waals surface area contributed by atoms with Crippen molar-refractivity contribution in [3.05, 3.63) is 40.0 Å². The Morgan fingerprint density at radius 2 is 1.68 bits per heavy atom. The zero-order valence-corrected chi connectivity index (χ0v) is 11.6. The summed E-state index contributed by atoms with van der Waals surface area (Å²) in [4.78, 5) is 11.6. The normalized spacial score (nSPS) is 15.2. The third kappa shape index (κ3) is 2.88. The topological polar surface area (TPSA) is 37.3 Å². The number of allylic oxidation sites excluding steroid dienone is 2. The molecule has 1 aromatic carbocycles. The maximum absolute atomic E-state index is 11.6. The molecule has 0 aliphatic heterocycles. The van der Waals surface area contributed by atoms with Crippen molar-refractivity contribution in [3.63, 3.8) is 0 Å². The number of carbonyl (C=O) groups is 1. The Morgan fingerprint density at radius 1 is 1.05 bits per heavy atom. The van der Waals surface area contributed by atoms with Crippen LogP contribution < -0.4 is 0 Å². The van der Waals surface area contributed by atoms with E-state index in [0.717, 1.165) is 40.7 Å². The van der Waals surface area contributed by atoms with Gasteiger partial charge in [0.1, 0.15) is 5.75 Å². The molecule has 0 radical (unpaired) electrons. The van der Waals surface area contributed by atoms with E-state index in [1.807, 2.05) is 20.8 Å². The van der Waals surface area contributed by atoms with Gasteiger partial charge in [-0.1, -0.05) is 11.8 Å². The molecular weight excluding hydrogens is 236 g/mol. The molecular formula is C17H18O2. The number of rotatable bonds is 0. The molecule has 0 saturated carbocycles. The van der Waals surface area contributed by atoms with Crippen LogP contribution >= 0.6 is 0 Å². The van der Waals surface area contributed by atoms with Crippen molar-refractivity contribution < 1.29 is 9.90 Å². The average molecular weight is 254 g/mol. The fourth-order valence-electron chi connectivity index (χ4n) is 2.40. The number of carbonyl (C=O) groups excluding carboxylic acids is 1. The van der Waals surface area contributed by atoms with Gasteiger partial charge in [0.2, 0.25) is 0 Å². The Hall–Kier alpha value is -2.01. The number of phenols is 1.